The van der Waals surface area contributed by atoms with Gasteiger partial charge < -0.3 is 0 Å². The van der Waals surface area contributed by atoms with Crippen molar-refractivity contribution in [3.8, 4) is 22.5 Å². The second-order valence-electron chi connectivity index (χ2n) is 8.03. The Labute approximate surface area is 224 Å². The molecule has 0 saturated carbocycles. The number of rotatable bonds is 2. The maximum atomic E-state index is 13.7. The molecule has 2 heterocycles. The van der Waals surface area contributed by atoms with E-state index in [2.05, 4.69) is 9.97 Å². The van der Waals surface area contributed by atoms with Crippen molar-refractivity contribution in [1.29, 1.82) is 0 Å². The van der Waals surface area contributed by atoms with Crippen LogP contribution < -0.4 is 0 Å². The van der Waals surface area contributed by atoms with E-state index in [0.717, 1.165) is 33.9 Å². The Balaban J connectivity index is 0.000000168. The number of hydrogen-bond acceptors (Lipinski definition) is 2. The maximum absolute atomic E-state index is 13.7. The zero-order valence-corrected chi connectivity index (χ0v) is 21.5. The number of hydrogen-bond donors (Lipinski definition) is 0. The van der Waals surface area contributed by atoms with E-state index in [1.807, 2.05) is 60.7 Å². The number of benzene rings is 4. The average Bonchev–Trinajstić information content (AvgIpc) is 2.88. The standard InChI is InChI=1S/2C15H9F2N.Ir/c2*16-11-6-7-12(13(17)9-11)15-8-5-10-3-1-2-4-14(10)18-15;/h2*1-9H;. The molecule has 0 spiro atoms. The van der Waals surface area contributed by atoms with Crippen molar-refractivity contribution >= 4 is 21.8 Å². The summed E-state index contributed by atoms with van der Waals surface area (Å²) in [5.41, 5.74) is 3.21. The van der Waals surface area contributed by atoms with Gasteiger partial charge in [-0.1, -0.05) is 48.5 Å². The van der Waals surface area contributed by atoms with Gasteiger partial charge >= 0.3 is 0 Å². The Bertz CT molecular complexity index is 1580. The predicted octanol–water partition coefficient (Wildman–Crippen LogP) is 8.36. The van der Waals surface area contributed by atoms with Crippen molar-refractivity contribution < 1.29 is 37.7 Å². The molecule has 0 amide bonds. The SMILES string of the molecule is Fc1ccc(-c2ccc3ccccc3n2)c(F)c1.Fc1ccc(-c2ccc3ccccc3n2)c(F)c1.[Ir]. The molecule has 6 aromatic rings. The summed E-state index contributed by atoms with van der Waals surface area (Å²) in [4.78, 5) is 8.75. The number of halogens is 4. The molecule has 37 heavy (non-hydrogen) atoms. The first-order valence-electron chi connectivity index (χ1n) is 11.1. The second kappa shape index (κ2) is 11.4. The molecule has 0 N–H and O–H groups in total. The zero-order valence-electron chi connectivity index (χ0n) is 19.1. The molecule has 0 atom stereocenters. The van der Waals surface area contributed by atoms with Crippen molar-refractivity contribution in [2.75, 3.05) is 0 Å². The van der Waals surface area contributed by atoms with Gasteiger partial charge in [0, 0.05) is 54.1 Å². The van der Waals surface area contributed by atoms with Gasteiger partial charge in [-0.25, -0.2) is 27.5 Å². The van der Waals surface area contributed by atoms with Crippen LogP contribution in [0.2, 0.25) is 0 Å². The molecule has 0 aliphatic carbocycles. The van der Waals surface area contributed by atoms with Gasteiger partial charge in [-0.3, -0.25) is 0 Å². The van der Waals surface area contributed by atoms with Crippen molar-refractivity contribution in [2.24, 2.45) is 0 Å². The van der Waals surface area contributed by atoms with Crippen LogP contribution in [0.1, 0.15) is 0 Å². The first-order chi connectivity index (χ1) is 17.5. The first kappa shape index (κ1) is 26.1. The molecule has 0 unspecified atom stereocenters. The molecule has 185 valence electrons. The first-order valence-corrected chi connectivity index (χ1v) is 11.1. The fourth-order valence-corrected chi connectivity index (χ4v) is 3.83. The smallest absolute Gasteiger partial charge is 0.135 e. The maximum Gasteiger partial charge on any atom is 0.135 e. The normalized spacial score (nSPS) is 10.5. The largest absolute Gasteiger partial charge is 0.248 e. The van der Waals surface area contributed by atoms with Crippen molar-refractivity contribution in [1.82, 2.24) is 9.97 Å². The summed E-state index contributed by atoms with van der Waals surface area (Å²) in [5, 5.41) is 1.98. The van der Waals surface area contributed by atoms with Gasteiger partial charge in [-0.2, -0.15) is 0 Å². The second-order valence-corrected chi connectivity index (χ2v) is 8.03. The van der Waals surface area contributed by atoms with E-state index in [9.17, 15) is 17.6 Å². The van der Waals surface area contributed by atoms with E-state index in [-0.39, 0.29) is 20.1 Å². The van der Waals surface area contributed by atoms with Crippen LogP contribution >= 0.6 is 0 Å². The van der Waals surface area contributed by atoms with Crippen LogP contribution in [-0.4, -0.2) is 9.97 Å². The Morgan fingerprint density at radius 3 is 1.24 bits per heavy atom. The Morgan fingerprint density at radius 1 is 0.432 bits per heavy atom. The average molecular weight is 675 g/mol. The fraction of sp³-hybridized carbons (Fsp3) is 0. The molecule has 0 fully saturated rings. The van der Waals surface area contributed by atoms with Crippen LogP contribution in [0.3, 0.4) is 0 Å². The van der Waals surface area contributed by atoms with E-state index in [1.165, 1.54) is 24.3 Å². The molecule has 7 heteroatoms. The zero-order chi connectivity index (χ0) is 25.1. The van der Waals surface area contributed by atoms with Crippen LogP contribution in [0.15, 0.2) is 109 Å². The minimum atomic E-state index is -0.599. The molecular weight excluding hydrogens is 657 g/mol. The number of pyridine rings is 2. The molecule has 6 rings (SSSR count). The quantitative estimate of drug-likeness (QED) is 0.173. The van der Waals surface area contributed by atoms with Crippen molar-refractivity contribution in [2.45, 2.75) is 0 Å². The van der Waals surface area contributed by atoms with Crippen LogP contribution in [0.4, 0.5) is 17.6 Å². The van der Waals surface area contributed by atoms with E-state index in [1.54, 1.807) is 12.1 Å². The minimum absolute atomic E-state index is 0. The van der Waals surface area contributed by atoms with Gasteiger partial charge in [0.1, 0.15) is 23.3 Å². The fourth-order valence-electron chi connectivity index (χ4n) is 3.83. The summed E-state index contributed by atoms with van der Waals surface area (Å²) in [7, 11) is 0. The van der Waals surface area contributed by atoms with E-state index < -0.39 is 23.3 Å². The molecule has 1 radical (unpaired) electrons. The Hall–Kier alpha value is -3.93. The third-order valence-corrected chi connectivity index (χ3v) is 5.61. The van der Waals surface area contributed by atoms with Gasteiger partial charge in [-0.15, -0.1) is 0 Å². The number of aromatic nitrogens is 2. The van der Waals surface area contributed by atoms with Gasteiger partial charge in [0.15, 0.2) is 0 Å². The molecule has 2 aromatic heterocycles. The molecule has 0 saturated heterocycles. The summed E-state index contributed by atoms with van der Waals surface area (Å²) in [5.74, 6) is -2.37. The third-order valence-electron chi connectivity index (χ3n) is 5.61. The summed E-state index contributed by atoms with van der Waals surface area (Å²) < 4.78 is 53.0. The van der Waals surface area contributed by atoms with E-state index >= 15 is 0 Å². The van der Waals surface area contributed by atoms with Gasteiger partial charge in [-0.05, 0) is 48.5 Å². The molecular formula is C30H18F4IrN2. The van der Waals surface area contributed by atoms with Gasteiger partial charge in [0.25, 0.3) is 0 Å². The van der Waals surface area contributed by atoms with Crippen LogP contribution in [0.5, 0.6) is 0 Å². The molecule has 2 nitrogen and oxygen atoms in total. The van der Waals surface area contributed by atoms with Crippen molar-refractivity contribution in [3.05, 3.63) is 132 Å². The molecule has 0 aliphatic rings. The Morgan fingerprint density at radius 2 is 0.838 bits per heavy atom. The van der Waals surface area contributed by atoms with Crippen LogP contribution in [0.25, 0.3) is 44.3 Å². The molecule has 0 aliphatic heterocycles. The van der Waals surface area contributed by atoms with E-state index in [0.29, 0.717) is 22.5 Å². The topological polar surface area (TPSA) is 25.8 Å². The molecule has 4 aromatic carbocycles. The number of nitrogens with zero attached hydrogens (tertiary/aromatic N) is 2. The Kier molecular flexibility index (Phi) is 8.07. The van der Waals surface area contributed by atoms with Crippen LogP contribution in [0, 0.1) is 23.3 Å². The van der Waals surface area contributed by atoms with Crippen LogP contribution in [-0.2, 0) is 20.1 Å². The van der Waals surface area contributed by atoms with Crippen molar-refractivity contribution in [3.63, 3.8) is 0 Å². The predicted molar refractivity (Wildman–Crippen MR) is 134 cm³/mol. The summed E-state index contributed by atoms with van der Waals surface area (Å²) >= 11 is 0. The third kappa shape index (κ3) is 5.91. The monoisotopic (exact) mass is 675 g/mol. The van der Waals surface area contributed by atoms with E-state index in [4.69, 9.17) is 0 Å². The minimum Gasteiger partial charge on any atom is -0.248 e. The van der Waals surface area contributed by atoms with Gasteiger partial charge in [0.05, 0.1) is 22.4 Å². The summed E-state index contributed by atoms with van der Waals surface area (Å²) in [6.07, 6.45) is 0. The number of para-hydroxylation sites is 2. The van der Waals surface area contributed by atoms with Gasteiger partial charge in [0.2, 0.25) is 0 Å². The summed E-state index contributed by atoms with van der Waals surface area (Å²) in [6, 6.07) is 29.4. The molecule has 0 bridgehead atoms. The number of fused-ring (bicyclic) bond motifs is 2. The summed E-state index contributed by atoms with van der Waals surface area (Å²) in [6.45, 7) is 0.